The van der Waals surface area contributed by atoms with E-state index >= 15 is 0 Å². The van der Waals surface area contributed by atoms with Crippen molar-refractivity contribution in [2.24, 2.45) is 0 Å². The molecule has 1 atom stereocenters. The van der Waals surface area contributed by atoms with Crippen molar-refractivity contribution >= 4 is 22.7 Å². The molecule has 1 fully saturated rings. The van der Waals surface area contributed by atoms with E-state index in [1.807, 2.05) is 49.1 Å². The van der Waals surface area contributed by atoms with E-state index in [1.54, 1.807) is 6.92 Å². The van der Waals surface area contributed by atoms with Crippen LogP contribution in [-0.2, 0) is 16.1 Å². The second-order valence-electron chi connectivity index (χ2n) is 9.72. The second-order valence-corrected chi connectivity index (χ2v) is 9.72. The summed E-state index contributed by atoms with van der Waals surface area (Å²) < 4.78 is 5.77. The number of amides is 2. The molecule has 0 bridgehead atoms. The summed E-state index contributed by atoms with van der Waals surface area (Å²) in [5.41, 5.74) is 5.67. The van der Waals surface area contributed by atoms with Crippen LogP contribution < -0.4 is 10.1 Å². The van der Waals surface area contributed by atoms with E-state index in [9.17, 15) is 9.59 Å². The molecule has 186 valence electrons. The van der Waals surface area contributed by atoms with Crippen molar-refractivity contribution in [2.45, 2.75) is 53.3 Å². The Kier molecular flexibility index (Phi) is 7.45. The van der Waals surface area contributed by atoms with Crippen LogP contribution in [0.3, 0.4) is 0 Å². The third kappa shape index (κ3) is 5.85. The SMILES string of the molecule is CC(=O)N1CCN(CC(=O)NCc2ccc3[nH]c(C)c(C)c3c2)[C@@H](c2ccc(OC(C)C)cc2)C1. The number of aromatic amines is 1. The molecule has 1 aliphatic heterocycles. The molecule has 0 radical (unpaired) electrons. The van der Waals surface area contributed by atoms with Crippen molar-refractivity contribution < 1.29 is 14.3 Å². The number of nitrogens with one attached hydrogen (secondary N) is 2. The van der Waals surface area contributed by atoms with Gasteiger partial charge in [-0.05, 0) is 68.7 Å². The first-order valence-electron chi connectivity index (χ1n) is 12.3. The van der Waals surface area contributed by atoms with Gasteiger partial charge in [-0.3, -0.25) is 14.5 Å². The average Bonchev–Trinajstić information content (AvgIpc) is 3.11. The molecule has 7 heteroatoms. The smallest absolute Gasteiger partial charge is 0.234 e. The fourth-order valence-corrected chi connectivity index (χ4v) is 4.71. The summed E-state index contributed by atoms with van der Waals surface area (Å²) in [7, 11) is 0. The molecule has 4 rings (SSSR count). The fraction of sp³-hybridized carbons (Fsp3) is 0.429. The van der Waals surface area contributed by atoms with Crippen LogP contribution in [0.2, 0.25) is 0 Å². The predicted molar refractivity (Wildman–Crippen MR) is 138 cm³/mol. The maximum atomic E-state index is 12.9. The van der Waals surface area contributed by atoms with Crippen LogP contribution in [0.1, 0.15) is 49.2 Å². The lowest BCUT2D eigenvalue weighted by Crippen LogP contribution is -2.52. The van der Waals surface area contributed by atoms with Gasteiger partial charge in [0.15, 0.2) is 0 Å². The van der Waals surface area contributed by atoms with Crippen molar-refractivity contribution in [3.8, 4) is 5.75 Å². The zero-order valence-corrected chi connectivity index (χ0v) is 21.4. The van der Waals surface area contributed by atoms with E-state index in [2.05, 4.69) is 41.2 Å². The summed E-state index contributed by atoms with van der Waals surface area (Å²) in [4.78, 5) is 32.4. The highest BCUT2D eigenvalue weighted by molar-refractivity contribution is 5.85. The van der Waals surface area contributed by atoms with E-state index in [1.165, 1.54) is 16.6 Å². The Labute approximate surface area is 207 Å². The van der Waals surface area contributed by atoms with Crippen LogP contribution in [0.5, 0.6) is 5.75 Å². The maximum absolute atomic E-state index is 12.9. The van der Waals surface area contributed by atoms with Gasteiger partial charge in [0.1, 0.15) is 5.75 Å². The van der Waals surface area contributed by atoms with E-state index in [0.717, 1.165) is 22.4 Å². The van der Waals surface area contributed by atoms with Crippen LogP contribution in [0, 0.1) is 13.8 Å². The molecular formula is C28H36N4O3. The topological polar surface area (TPSA) is 77.7 Å². The molecule has 1 aromatic heterocycles. The minimum absolute atomic E-state index is 0.0203. The number of rotatable bonds is 7. The maximum Gasteiger partial charge on any atom is 0.234 e. The number of nitrogens with zero attached hydrogens (tertiary/aromatic N) is 2. The number of fused-ring (bicyclic) bond motifs is 1. The van der Waals surface area contributed by atoms with Gasteiger partial charge in [0.2, 0.25) is 11.8 Å². The van der Waals surface area contributed by atoms with Crippen molar-refractivity contribution in [3.63, 3.8) is 0 Å². The lowest BCUT2D eigenvalue weighted by molar-refractivity contribution is -0.132. The normalized spacial score (nSPS) is 16.6. The minimum atomic E-state index is -0.0478. The largest absolute Gasteiger partial charge is 0.491 e. The molecule has 1 saturated heterocycles. The van der Waals surface area contributed by atoms with Crippen molar-refractivity contribution in [3.05, 3.63) is 64.8 Å². The molecule has 0 spiro atoms. The van der Waals surface area contributed by atoms with Crippen molar-refractivity contribution in [1.82, 2.24) is 20.1 Å². The molecule has 2 heterocycles. The van der Waals surface area contributed by atoms with E-state index in [0.29, 0.717) is 26.2 Å². The summed E-state index contributed by atoms with van der Waals surface area (Å²) in [6.45, 7) is 12.4. The molecule has 0 saturated carbocycles. The lowest BCUT2D eigenvalue weighted by Gasteiger charge is -2.41. The number of aromatic nitrogens is 1. The van der Waals surface area contributed by atoms with Crippen LogP contribution >= 0.6 is 0 Å². The van der Waals surface area contributed by atoms with Gasteiger partial charge < -0.3 is 19.9 Å². The number of carbonyl (C=O) groups is 2. The number of hydrogen-bond donors (Lipinski definition) is 2. The van der Waals surface area contributed by atoms with Gasteiger partial charge in [-0.2, -0.15) is 0 Å². The first kappa shape index (κ1) is 24.8. The second kappa shape index (κ2) is 10.5. The van der Waals surface area contributed by atoms with Gasteiger partial charge in [0.25, 0.3) is 0 Å². The van der Waals surface area contributed by atoms with E-state index in [4.69, 9.17) is 4.74 Å². The monoisotopic (exact) mass is 476 g/mol. The Morgan fingerprint density at radius 1 is 1.11 bits per heavy atom. The zero-order valence-electron chi connectivity index (χ0n) is 21.4. The van der Waals surface area contributed by atoms with E-state index < -0.39 is 0 Å². The number of carbonyl (C=O) groups excluding carboxylic acids is 2. The van der Waals surface area contributed by atoms with Crippen LogP contribution in [0.15, 0.2) is 42.5 Å². The van der Waals surface area contributed by atoms with Crippen LogP contribution in [0.4, 0.5) is 0 Å². The van der Waals surface area contributed by atoms with Crippen molar-refractivity contribution in [2.75, 3.05) is 26.2 Å². The van der Waals surface area contributed by atoms with Gasteiger partial charge in [-0.15, -0.1) is 0 Å². The minimum Gasteiger partial charge on any atom is -0.491 e. The van der Waals surface area contributed by atoms with Gasteiger partial charge in [-0.1, -0.05) is 18.2 Å². The third-order valence-corrected chi connectivity index (χ3v) is 6.78. The molecule has 0 unspecified atom stereocenters. The fourth-order valence-electron chi connectivity index (χ4n) is 4.71. The van der Waals surface area contributed by atoms with Gasteiger partial charge >= 0.3 is 0 Å². The number of hydrogen-bond acceptors (Lipinski definition) is 4. The number of piperazine rings is 1. The standard InChI is InChI=1S/C28H36N4O3/c1-18(2)35-24-9-7-23(8-10-24)27-16-31(21(5)33)12-13-32(27)17-28(34)29-15-22-6-11-26-25(14-22)19(3)20(4)30-26/h6-11,14,18,27,30H,12-13,15-17H2,1-5H3,(H,29,34)/t27-/m1/s1. The quantitative estimate of drug-likeness (QED) is 0.538. The van der Waals surface area contributed by atoms with Crippen LogP contribution in [0.25, 0.3) is 10.9 Å². The highest BCUT2D eigenvalue weighted by atomic mass is 16.5. The number of benzene rings is 2. The van der Waals surface area contributed by atoms with E-state index in [-0.39, 0.29) is 30.5 Å². The summed E-state index contributed by atoms with van der Waals surface area (Å²) in [5.74, 6) is 0.856. The van der Waals surface area contributed by atoms with Crippen LogP contribution in [-0.4, -0.2) is 58.9 Å². The molecular weight excluding hydrogens is 440 g/mol. The zero-order chi connectivity index (χ0) is 25.1. The molecule has 7 nitrogen and oxygen atoms in total. The summed E-state index contributed by atoms with van der Waals surface area (Å²) in [6.07, 6.45) is 0.106. The molecule has 0 aliphatic carbocycles. The summed E-state index contributed by atoms with van der Waals surface area (Å²) in [5, 5.41) is 4.28. The predicted octanol–water partition coefficient (Wildman–Crippen LogP) is 4.09. The highest BCUT2D eigenvalue weighted by Crippen LogP contribution is 2.27. The Balaban J connectivity index is 1.43. The lowest BCUT2D eigenvalue weighted by atomic mass is 10.0. The Hall–Kier alpha value is -3.32. The molecule has 35 heavy (non-hydrogen) atoms. The number of ether oxygens (including phenoxy) is 1. The summed E-state index contributed by atoms with van der Waals surface area (Å²) >= 11 is 0. The molecule has 2 aromatic carbocycles. The molecule has 3 aromatic rings. The highest BCUT2D eigenvalue weighted by Gasteiger charge is 2.30. The number of aryl methyl sites for hydroxylation is 2. The van der Waals surface area contributed by atoms with Gasteiger partial charge in [0, 0.05) is 49.7 Å². The average molecular weight is 477 g/mol. The Morgan fingerprint density at radius 3 is 2.54 bits per heavy atom. The van der Waals surface area contributed by atoms with Gasteiger partial charge in [0.05, 0.1) is 18.7 Å². The Morgan fingerprint density at radius 2 is 1.86 bits per heavy atom. The van der Waals surface area contributed by atoms with Gasteiger partial charge in [-0.25, -0.2) is 0 Å². The number of H-pyrrole nitrogens is 1. The van der Waals surface area contributed by atoms with Crippen molar-refractivity contribution in [1.29, 1.82) is 0 Å². The Bertz CT molecular complexity index is 1200. The molecule has 2 amide bonds. The third-order valence-electron chi connectivity index (χ3n) is 6.78. The molecule has 1 aliphatic rings. The first-order chi connectivity index (χ1) is 16.7. The first-order valence-corrected chi connectivity index (χ1v) is 12.3. The molecule has 2 N–H and O–H groups in total. The summed E-state index contributed by atoms with van der Waals surface area (Å²) in [6, 6.07) is 14.2.